The molecule has 0 bridgehead atoms. The molecule has 232 valence electrons. The minimum Gasteiger partial charge on any atom is -0.383 e. The van der Waals surface area contributed by atoms with E-state index < -0.39 is 17.1 Å². The second kappa shape index (κ2) is 15.2. The van der Waals surface area contributed by atoms with Crippen molar-refractivity contribution in [2.24, 2.45) is 0 Å². The van der Waals surface area contributed by atoms with Crippen molar-refractivity contribution in [3.63, 3.8) is 0 Å². The fourth-order valence-corrected chi connectivity index (χ4v) is 6.94. The Kier molecular flexibility index (Phi) is 10.9. The van der Waals surface area contributed by atoms with Crippen molar-refractivity contribution in [3.8, 4) is 0 Å². The summed E-state index contributed by atoms with van der Waals surface area (Å²) in [6.45, 7) is 4.09. The van der Waals surface area contributed by atoms with E-state index in [0.29, 0.717) is 30.6 Å². The normalized spacial score (nSPS) is 11.5. The van der Waals surface area contributed by atoms with Crippen molar-refractivity contribution in [1.82, 2.24) is 25.2 Å². The number of pyridine rings is 2. The van der Waals surface area contributed by atoms with E-state index in [4.69, 9.17) is 4.74 Å². The van der Waals surface area contributed by atoms with Gasteiger partial charge in [0, 0.05) is 39.1 Å². The number of rotatable bonds is 14. The van der Waals surface area contributed by atoms with Crippen molar-refractivity contribution in [2.75, 3.05) is 45.7 Å². The summed E-state index contributed by atoms with van der Waals surface area (Å²) in [4.78, 5) is 28.9. The van der Waals surface area contributed by atoms with Gasteiger partial charge in [0.2, 0.25) is 0 Å². The molecule has 0 atom stereocenters. The molecule has 0 aliphatic rings. The topological polar surface area (TPSA) is 92.3 Å². The summed E-state index contributed by atoms with van der Waals surface area (Å²) < 4.78 is 21.9. The maximum absolute atomic E-state index is 15.8. The Labute approximate surface area is 271 Å². The lowest BCUT2D eigenvalue weighted by Gasteiger charge is -2.38. The van der Waals surface area contributed by atoms with E-state index in [1.807, 2.05) is 62.5 Å². The first-order valence-electron chi connectivity index (χ1n) is 14.4. The maximum atomic E-state index is 15.8. The maximum Gasteiger partial charge on any atom is 0.273 e. The number of hydrogen-bond acceptors (Lipinski definition) is 9. The predicted octanol–water partition coefficient (Wildman–Crippen LogP) is 6.57. The van der Waals surface area contributed by atoms with Gasteiger partial charge in [0.25, 0.3) is 5.91 Å². The number of thiazole rings is 1. The third-order valence-electron chi connectivity index (χ3n) is 7.33. The van der Waals surface area contributed by atoms with Crippen LogP contribution in [0.4, 0.5) is 15.3 Å². The summed E-state index contributed by atoms with van der Waals surface area (Å²) in [7, 11) is 3.71. The zero-order valence-electron chi connectivity index (χ0n) is 25.4. The van der Waals surface area contributed by atoms with Crippen LogP contribution in [0.3, 0.4) is 0 Å². The van der Waals surface area contributed by atoms with Crippen LogP contribution in [-0.4, -0.2) is 66.2 Å². The highest BCUT2D eigenvalue weighted by Crippen LogP contribution is 2.37. The predicted molar refractivity (Wildman–Crippen MR) is 178 cm³/mol. The van der Waals surface area contributed by atoms with Crippen LogP contribution in [0.25, 0.3) is 0 Å². The summed E-state index contributed by atoms with van der Waals surface area (Å²) in [6.07, 6.45) is 4.85. The second-order valence-electron chi connectivity index (χ2n) is 10.6. The molecule has 5 aromatic rings. The Morgan fingerprint density at radius 1 is 1.00 bits per heavy atom. The highest BCUT2D eigenvalue weighted by molar-refractivity contribution is 8.01. The summed E-state index contributed by atoms with van der Waals surface area (Å²) in [5.41, 5.74) is 2.27. The molecule has 8 nitrogen and oxygen atoms in total. The number of anilines is 2. The van der Waals surface area contributed by atoms with E-state index in [9.17, 15) is 4.79 Å². The van der Waals surface area contributed by atoms with Gasteiger partial charge in [-0.05, 0) is 48.9 Å². The van der Waals surface area contributed by atoms with E-state index in [-0.39, 0.29) is 17.1 Å². The van der Waals surface area contributed by atoms with Crippen LogP contribution in [-0.2, 0) is 10.2 Å². The molecule has 3 aromatic heterocycles. The number of carbonyl (C=O) groups excluding carboxylic acids is 1. The van der Waals surface area contributed by atoms with E-state index in [1.54, 1.807) is 25.6 Å². The SMILES string of the molecule is COCCN(C)CC(CNC(=O)c1nccc(Sc2cnc(Nc3cc(C)ccn3)s2)c1F)(c1ccccc1)c1ccccc1. The number of amides is 1. The van der Waals surface area contributed by atoms with Gasteiger partial charge in [0.05, 0.1) is 27.3 Å². The molecule has 0 aliphatic carbocycles. The second-order valence-corrected chi connectivity index (χ2v) is 13.0. The fraction of sp³-hybridized carbons (Fsp3) is 0.235. The summed E-state index contributed by atoms with van der Waals surface area (Å²) >= 11 is 2.57. The van der Waals surface area contributed by atoms with Gasteiger partial charge in [-0.3, -0.25) is 4.79 Å². The number of ether oxygens (including phenoxy) is 1. The summed E-state index contributed by atoms with van der Waals surface area (Å²) in [5, 5.41) is 6.85. The number of halogens is 1. The molecule has 1 amide bonds. The van der Waals surface area contributed by atoms with Crippen LogP contribution in [0.15, 0.2) is 107 Å². The highest BCUT2D eigenvalue weighted by Gasteiger charge is 2.36. The molecule has 0 saturated heterocycles. The highest BCUT2D eigenvalue weighted by atomic mass is 32.2. The number of hydrogen-bond donors (Lipinski definition) is 2. The van der Waals surface area contributed by atoms with Crippen LogP contribution in [0.1, 0.15) is 27.2 Å². The van der Waals surface area contributed by atoms with Crippen LogP contribution >= 0.6 is 23.1 Å². The van der Waals surface area contributed by atoms with Crippen molar-refractivity contribution in [3.05, 3.63) is 126 Å². The summed E-state index contributed by atoms with van der Waals surface area (Å²) in [5.74, 6) is -0.574. The van der Waals surface area contributed by atoms with Crippen molar-refractivity contribution >= 4 is 40.0 Å². The number of aryl methyl sites for hydroxylation is 1. The van der Waals surface area contributed by atoms with E-state index in [2.05, 4.69) is 54.8 Å². The molecular weight excluding hydrogens is 608 g/mol. The first-order chi connectivity index (χ1) is 21.9. The molecule has 0 unspecified atom stereocenters. The Balaban J connectivity index is 1.37. The lowest BCUT2D eigenvalue weighted by Crippen LogP contribution is -2.49. The molecule has 2 N–H and O–H groups in total. The number of methoxy groups -OCH3 is 1. The number of nitrogens with zero attached hydrogens (tertiary/aromatic N) is 4. The molecule has 0 spiro atoms. The number of nitrogens with one attached hydrogen (secondary N) is 2. The van der Waals surface area contributed by atoms with Crippen molar-refractivity contribution in [2.45, 2.75) is 21.4 Å². The number of likely N-dealkylation sites (N-methyl/N-ethyl adjacent to an activating group) is 1. The summed E-state index contributed by atoms with van der Waals surface area (Å²) in [6, 6.07) is 25.5. The van der Waals surface area contributed by atoms with Gasteiger partial charge in [-0.15, -0.1) is 0 Å². The van der Waals surface area contributed by atoms with Crippen LogP contribution in [0.2, 0.25) is 0 Å². The number of benzene rings is 2. The zero-order valence-corrected chi connectivity index (χ0v) is 27.0. The van der Waals surface area contributed by atoms with E-state index in [0.717, 1.165) is 20.9 Å². The largest absolute Gasteiger partial charge is 0.383 e. The van der Waals surface area contributed by atoms with Crippen LogP contribution in [0, 0.1) is 12.7 Å². The molecule has 11 heteroatoms. The minimum atomic E-state index is -0.675. The van der Waals surface area contributed by atoms with Crippen LogP contribution < -0.4 is 10.6 Å². The molecule has 3 heterocycles. The lowest BCUT2D eigenvalue weighted by atomic mass is 9.73. The number of aromatic nitrogens is 3. The molecule has 5 rings (SSSR count). The fourth-order valence-electron chi connectivity index (χ4n) is 5.08. The third-order valence-corrected chi connectivity index (χ3v) is 9.38. The van der Waals surface area contributed by atoms with Gasteiger partial charge in [0.15, 0.2) is 16.6 Å². The molecular formula is C34H35FN6O2S2. The smallest absolute Gasteiger partial charge is 0.273 e. The van der Waals surface area contributed by atoms with Crippen molar-refractivity contribution < 1.29 is 13.9 Å². The Morgan fingerprint density at radius 3 is 2.36 bits per heavy atom. The first-order valence-corrected chi connectivity index (χ1v) is 16.1. The first kappa shape index (κ1) is 32.2. The Morgan fingerprint density at radius 2 is 1.69 bits per heavy atom. The molecule has 0 aliphatic heterocycles. The number of carbonyl (C=O) groups is 1. The van der Waals surface area contributed by atoms with E-state index >= 15 is 4.39 Å². The van der Waals surface area contributed by atoms with Crippen LogP contribution in [0.5, 0.6) is 0 Å². The van der Waals surface area contributed by atoms with Gasteiger partial charge < -0.3 is 20.3 Å². The molecule has 0 fully saturated rings. The van der Waals surface area contributed by atoms with Gasteiger partial charge >= 0.3 is 0 Å². The van der Waals surface area contributed by atoms with Gasteiger partial charge in [-0.2, -0.15) is 0 Å². The molecule has 0 saturated carbocycles. The zero-order chi connectivity index (χ0) is 31.6. The average molecular weight is 643 g/mol. The lowest BCUT2D eigenvalue weighted by molar-refractivity contribution is 0.0929. The Bertz CT molecular complexity index is 1660. The standard InChI is InChI=1S/C34H35FN6O2S2/c1-24-14-16-36-28(20-24)40-33-38-21-29(45-33)44-27-15-17-37-31(30(27)35)32(42)39-22-34(23-41(2)18-19-43-3,25-10-6-4-7-11-25)26-12-8-5-9-13-26/h4-17,20-21H,18-19,22-23H2,1-3H3,(H,39,42)(H,36,38,40). The quantitative estimate of drug-likeness (QED) is 0.141. The Hall–Kier alpha value is -4.16. The monoisotopic (exact) mass is 642 g/mol. The van der Waals surface area contributed by atoms with Gasteiger partial charge in [-0.25, -0.2) is 19.3 Å². The van der Waals surface area contributed by atoms with Gasteiger partial charge in [0.1, 0.15) is 5.82 Å². The van der Waals surface area contributed by atoms with Gasteiger partial charge in [-0.1, -0.05) is 83.8 Å². The van der Waals surface area contributed by atoms with Crippen molar-refractivity contribution in [1.29, 1.82) is 0 Å². The molecule has 2 aromatic carbocycles. The average Bonchev–Trinajstić information content (AvgIpc) is 3.50. The third kappa shape index (κ3) is 8.12. The molecule has 0 radical (unpaired) electrons. The molecule has 45 heavy (non-hydrogen) atoms. The van der Waals surface area contributed by atoms with E-state index in [1.165, 1.54) is 29.3 Å². The minimum absolute atomic E-state index is 0.229.